The Morgan fingerprint density at radius 3 is 2.05 bits per heavy atom. The van der Waals surface area contributed by atoms with Gasteiger partial charge in [-0.05, 0) is 42.6 Å². The van der Waals surface area contributed by atoms with E-state index in [9.17, 15) is 9.59 Å². The van der Waals surface area contributed by atoms with E-state index in [1.807, 2.05) is 37.3 Å². The standard InChI is InChI=1S/C19H19NO2/c1-10(11-5-3-2-4-6-11)20-18(21)16-12-7-8-13(15-9-14(12)15)17(16)19(20)22/h2-8,10,12-17H,9H2,1H3/t10-,12+,13+,14+,15+,16-,17-/m0/s1. The van der Waals surface area contributed by atoms with E-state index in [1.54, 1.807) is 4.90 Å². The van der Waals surface area contributed by atoms with Crippen LogP contribution in [0, 0.1) is 35.5 Å². The van der Waals surface area contributed by atoms with Gasteiger partial charge in [-0.15, -0.1) is 0 Å². The van der Waals surface area contributed by atoms with Crippen LogP contribution in [-0.4, -0.2) is 16.7 Å². The summed E-state index contributed by atoms with van der Waals surface area (Å²) in [4.78, 5) is 27.5. The molecule has 6 rings (SSSR count). The largest absolute Gasteiger partial charge is 0.275 e. The van der Waals surface area contributed by atoms with Crippen LogP contribution in [0.4, 0.5) is 0 Å². The minimum Gasteiger partial charge on any atom is -0.275 e. The molecule has 1 aromatic rings. The molecule has 0 radical (unpaired) electrons. The molecule has 0 unspecified atom stereocenters. The highest BCUT2D eigenvalue weighted by atomic mass is 16.2. The van der Waals surface area contributed by atoms with E-state index in [1.165, 1.54) is 6.42 Å². The number of amides is 2. The molecular weight excluding hydrogens is 274 g/mol. The summed E-state index contributed by atoms with van der Waals surface area (Å²) < 4.78 is 0. The first-order chi connectivity index (χ1) is 10.7. The van der Waals surface area contributed by atoms with Gasteiger partial charge in [0.2, 0.25) is 11.8 Å². The van der Waals surface area contributed by atoms with Crippen LogP contribution in [0.2, 0.25) is 0 Å². The summed E-state index contributed by atoms with van der Waals surface area (Å²) in [6, 6.07) is 9.72. The van der Waals surface area contributed by atoms with Crippen molar-refractivity contribution in [1.29, 1.82) is 0 Å². The molecule has 7 atom stereocenters. The smallest absolute Gasteiger partial charge is 0.234 e. The molecule has 1 aromatic carbocycles. The zero-order chi connectivity index (χ0) is 15.0. The average molecular weight is 293 g/mol. The first-order valence-electron chi connectivity index (χ1n) is 8.28. The molecule has 5 aliphatic rings. The van der Waals surface area contributed by atoms with Crippen LogP contribution in [0.15, 0.2) is 42.5 Å². The van der Waals surface area contributed by atoms with Crippen molar-refractivity contribution in [2.75, 3.05) is 0 Å². The van der Waals surface area contributed by atoms with Crippen LogP contribution in [0.1, 0.15) is 24.9 Å². The average Bonchev–Trinajstić information content (AvgIpc) is 3.32. The van der Waals surface area contributed by atoms with Crippen LogP contribution < -0.4 is 0 Å². The third-order valence-electron chi connectivity index (χ3n) is 6.37. The number of hydrogen-bond acceptors (Lipinski definition) is 2. The third-order valence-corrected chi connectivity index (χ3v) is 6.37. The maximum Gasteiger partial charge on any atom is 0.234 e. The van der Waals surface area contributed by atoms with Gasteiger partial charge >= 0.3 is 0 Å². The van der Waals surface area contributed by atoms with E-state index in [2.05, 4.69) is 12.2 Å². The van der Waals surface area contributed by atoms with Crippen molar-refractivity contribution in [3.8, 4) is 0 Å². The first kappa shape index (κ1) is 12.6. The second kappa shape index (κ2) is 4.09. The fraction of sp³-hybridized carbons (Fsp3) is 0.474. The Kier molecular flexibility index (Phi) is 2.35. The highest BCUT2D eigenvalue weighted by molar-refractivity contribution is 6.06. The van der Waals surface area contributed by atoms with E-state index in [0.717, 1.165) is 5.56 Å². The third kappa shape index (κ3) is 1.42. The molecule has 2 saturated carbocycles. The van der Waals surface area contributed by atoms with Crippen LogP contribution in [0.25, 0.3) is 0 Å². The van der Waals surface area contributed by atoms with Crippen molar-refractivity contribution in [3.05, 3.63) is 48.0 Å². The fourth-order valence-corrected chi connectivity index (χ4v) is 5.24. The fourth-order valence-electron chi connectivity index (χ4n) is 5.24. The lowest BCUT2D eigenvalue weighted by molar-refractivity contribution is -0.142. The molecule has 4 aliphatic carbocycles. The van der Waals surface area contributed by atoms with Gasteiger partial charge in [-0.25, -0.2) is 0 Å². The maximum atomic E-state index is 13.0. The normalized spacial score (nSPS) is 42.3. The van der Waals surface area contributed by atoms with Gasteiger partial charge in [0.25, 0.3) is 0 Å². The lowest BCUT2D eigenvalue weighted by atomic mass is 9.63. The van der Waals surface area contributed by atoms with E-state index < -0.39 is 0 Å². The zero-order valence-corrected chi connectivity index (χ0v) is 12.6. The van der Waals surface area contributed by atoms with Crippen molar-refractivity contribution < 1.29 is 9.59 Å². The topological polar surface area (TPSA) is 37.4 Å². The summed E-state index contributed by atoms with van der Waals surface area (Å²) in [6.07, 6.45) is 5.66. The minimum absolute atomic E-state index is 0.0658. The molecule has 2 bridgehead atoms. The van der Waals surface area contributed by atoms with E-state index >= 15 is 0 Å². The van der Waals surface area contributed by atoms with E-state index in [0.29, 0.717) is 23.7 Å². The molecule has 3 heteroatoms. The number of hydrogen-bond donors (Lipinski definition) is 0. The monoisotopic (exact) mass is 293 g/mol. The van der Waals surface area contributed by atoms with Crippen LogP contribution >= 0.6 is 0 Å². The van der Waals surface area contributed by atoms with Gasteiger partial charge in [0.05, 0.1) is 17.9 Å². The molecule has 0 aromatic heterocycles. The predicted molar refractivity (Wildman–Crippen MR) is 81.4 cm³/mol. The second-order valence-corrected chi connectivity index (χ2v) is 7.29. The summed E-state index contributed by atoms with van der Waals surface area (Å²) in [6.45, 7) is 1.97. The van der Waals surface area contributed by atoms with Crippen molar-refractivity contribution in [1.82, 2.24) is 4.90 Å². The zero-order valence-electron chi connectivity index (χ0n) is 12.6. The molecule has 0 N–H and O–H groups in total. The van der Waals surface area contributed by atoms with Crippen LogP contribution in [0.3, 0.4) is 0 Å². The first-order valence-corrected chi connectivity index (χ1v) is 8.28. The van der Waals surface area contributed by atoms with Gasteiger partial charge < -0.3 is 0 Å². The molecule has 1 saturated heterocycles. The Hall–Kier alpha value is -1.90. The Balaban J connectivity index is 1.52. The second-order valence-electron chi connectivity index (χ2n) is 7.29. The number of likely N-dealkylation sites (tertiary alicyclic amines) is 1. The van der Waals surface area contributed by atoms with Crippen molar-refractivity contribution in [3.63, 3.8) is 0 Å². The molecule has 3 nitrogen and oxygen atoms in total. The molecule has 0 spiro atoms. The number of imide groups is 1. The highest BCUT2D eigenvalue weighted by Crippen LogP contribution is 2.65. The SMILES string of the molecule is C[C@@H](c1ccccc1)N1C(=O)[C@H]2[C@@H]3C=C[C@H]([C@H]4C[C@H]34)[C@@H]2C1=O. The Labute approximate surface area is 130 Å². The Morgan fingerprint density at radius 1 is 0.955 bits per heavy atom. The number of carbonyl (C=O) groups is 2. The molecule has 22 heavy (non-hydrogen) atoms. The minimum atomic E-state index is -0.164. The molecule has 2 amide bonds. The molecule has 1 aliphatic heterocycles. The number of allylic oxidation sites excluding steroid dienone is 2. The molecule has 1 heterocycles. The number of benzene rings is 1. The predicted octanol–water partition coefficient (Wildman–Crippen LogP) is 2.80. The van der Waals surface area contributed by atoms with Gasteiger partial charge in [0.15, 0.2) is 0 Å². The summed E-state index contributed by atoms with van der Waals surface area (Å²) >= 11 is 0. The summed E-state index contributed by atoms with van der Waals surface area (Å²) in [5.41, 5.74) is 1.04. The molecule has 112 valence electrons. The van der Waals surface area contributed by atoms with E-state index in [4.69, 9.17) is 0 Å². The van der Waals surface area contributed by atoms with Gasteiger partial charge in [0.1, 0.15) is 0 Å². The summed E-state index contributed by atoms with van der Waals surface area (Å²) in [5.74, 6) is 1.91. The van der Waals surface area contributed by atoms with Crippen molar-refractivity contribution in [2.45, 2.75) is 19.4 Å². The Bertz CT molecular complexity index is 659. The molecule has 3 fully saturated rings. The van der Waals surface area contributed by atoms with Gasteiger partial charge in [0, 0.05) is 0 Å². The van der Waals surface area contributed by atoms with Crippen molar-refractivity contribution in [2.24, 2.45) is 35.5 Å². The van der Waals surface area contributed by atoms with E-state index in [-0.39, 0.29) is 29.7 Å². The number of nitrogens with zero attached hydrogens (tertiary/aromatic N) is 1. The van der Waals surface area contributed by atoms with Gasteiger partial charge in [-0.3, -0.25) is 14.5 Å². The molecular formula is C19H19NO2. The lowest BCUT2D eigenvalue weighted by Gasteiger charge is -2.37. The lowest BCUT2D eigenvalue weighted by Crippen LogP contribution is -2.40. The Morgan fingerprint density at radius 2 is 1.50 bits per heavy atom. The number of rotatable bonds is 2. The highest BCUT2D eigenvalue weighted by Gasteiger charge is 2.67. The quantitative estimate of drug-likeness (QED) is 0.621. The van der Waals surface area contributed by atoms with Gasteiger partial charge in [-0.2, -0.15) is 0 Å². The summed E-state index contributed by atoms with van der Waals surface area (Å²) in [5, 5.41) is 0. The number of carbonyl (C=O) groups excluding carboxylic acids is 2. The summed E-state index contributed by atoms with van der Waals surface area (Å²) in [7, 11) is 0. The maximum absolute atomic E-state index is 13.0. The van der Waals surface area contributed by atoms with Crippen LogP contribution in [-0.2, 0) is 9.59 Å². The van der Waals surface area contributed by atoms with Gasteiger partial charge in [-0.1, -0.05) is 42.5 Å². The van der Waals surface area contributed by atoms with Crippen LogP contribution in [0.5, 0.6) is 0 Å². The van der Waals surface area contributed by atoms with Crippen molar-refractivity contribution >= 4 is 11.8 Å².